The number of imidazole rings is 1. The van der Waals surface area contributed by atoms with Crippen molar-refractivity contribution < 1.29 is 14.2 Å². The highest BCUT2D eigenvalue weighted by molar-refractivity contribution is 5.85. The lowest BCUT2D eigenvalue weighted by atomic mass is 9.61. The maximum atomic E-state index is 9.53. The average Bonchev–Trinajstić information content (AvgIpc) is 3.55. The molecule has 8 nitrogen and oxygen atoms in total. The highest BCUT2D eigenvalue weighted by Crippen LogP contribution is 2.60. The summed E-state index contributed by atoms with van der Waals surface area (Å²) in [5, 5.41) is 9.53. The number of methoxy groups -OCH3 is 1. The highest BCUT2D eigenvalue weighted by Gasteiger charge is 2.64. The minimum Gasteiger partial charge on any atom is -0.495 e. The Bertz CT molecular complexity index is 1480. The van der Waals surface area contributed by atoms with Crippen LogP contribution in [0.1, 0.15) is 37.6 Å². The number of ether oxygens (including phenoxy) is 3. The molecule has 2 saturated heterocycles. The number of nitriles is 1. The van der Waals surface area contributed by atoms with Crippen LogP contribution in [0.15, 0.2) is 54.9 Å². The fraction of sp³-hybridized carbons (Fsp3) is 0.296. The van der Waals surface area contributed by atoms with Crippen molar-refractivity contribution in [3.05, 3.63) is 66.2 Å². The van der Waals surface area contributed by atoms with E-state index in [1.54, 1.807) is 24.4 Å². The van der Waals surface area contributed by atoms with Crippen LogP contribution in [-0.2, 0) is 10.2 Å². The van der Waals surface area contributed by atoms with Crippen LogP contribution in [-0.4, -0.2) is 33.7 Å². The van der Waals surface area contributed by atoms with Crippen LogP contribution >= 0.6 is 0 Å². The SMILES string of the molecule is CCC12CC(c3nc(-c4ccc(Oc5cccc(OC)c5C#N)cc4)c4c(N)nccn34)(CO1)C2. The van der Waals surface area contributed by atoms with E-state index in [0.29, 0.717) is 35.2 Å². The number of anilines is 1. The first-order valence-corrected chi connectivity index (χ1v) is 11.6. The molecule has 4 aromatic rings. The summed E-state index contributed by atoms with van der Waals surface area (Å²) in [6.45, 7) is 2.86. The minimum atomic E-state index is -0.0892. The van der Waals surface area contributed by atoms with E-state index in [1.165, 1.54) is 7.11 Å². The molecule has 35 heavy (non-hydrogen) atoms. The van der Waals surface area contributed by atoms with Gasteiger partial charge in [-0.25, -0.2) is 9.97 Å². The number of fused-ring (bicyclic) bond motifs is 2. The number of hydrogen-bond acceptors (Lipinski definition) is 7. The summed E-state index contributed by atoms with van der Waals surface area (Å²) >= 11 is 0. The molecule has 3 aliphatic rings. The molecular formula is C27H25N5O3. The van der Waals surface area contributed by atoms with Gasteiger partial charge in [-0.05, 0) is 55.7 Å². The van der Waals surface area contributed by atoms with E-state index in [4.69, 9.17) is 24.9 Å². The Hall–Kier alpha value is -4.09. The monoisotopic (exact) mass is 467 g/mol. The van der Waals surface area contributed by atoms with Gasteiger partial charge in [-0.1, -0.05) is 13.0 Å². The second-order valence-electron chi connectivity index (χ2n) is 9.35. The lowest BCUT2D eigenvalue weighted by Crippen LogP contribution is -2.47. The first kappa shape index (κ1) is 21.4. The Kier molecular flexibility index (Phi) is 4.73. The fourth-order valence-corrected chi connectivity index (χ4v) is 5.58. The summed E-state index contributed by atoms with van der Waals surface area (Å²) in [5.74, 6) is 2.93. The number of hydrogen-bond donors (Lipinski definition) is 1. The number of aromatic nitrogens is 3. The number of nitrogens with zero attached hydrogens (tertiary/aromatic N) is 4. The summed E-state index contributed by atoms with van der Waals surface area (Å²) in [6, 6.07) is 15.0. The van der Waals surface area contributed by atoms with Crippen LogP contribution in [0.25, 0.3) is 16.8 Å². The predicted octanol–water partition coefficient (Wildman–Crippen LogP) is 4.86. The fourth-order valence-electron chi connectivity index (χ4n) is 5.58. The van der Waals surface area contributed by atoms with E-state index in [1.807, 2.05) is 30.5 Å². The number of nitrogen functional groups attached to an aromatic ring is 1. The standard InChI is InChI=1S/C27H25N5O3/c1-3-27-14-26(15-27,16-34-27)25-31-22(23-24(29)30-11-12-32(23)25)17-7-9-18(10-8-17)35-21-6-4-5-20(33-2)19(21)13-28/h4-12H,3,14-16H2,1-2H3,(H2,29,30). The van der Waals surface area contributed by atoms with E-state index in [9.17, 15) is 5.26 Å². The summed E-state index contributed by atoms with van der Waals surface area (Å²) < 4.78 is 19.5. The maximum absolute atomic E-state index is 9.53. The van der Waals surface area contributed by atoms with E-state index in [-0.39, 0.29) is 11.0 Å². The first-order chi connectivity index (χ1) is 17.0. The molecule has 1 aliphatic carbocycles. The van der Waals surface area contributed by atoms with Crippen molar-refractivity contribution in [3.8, 4) is 34.6 Å². The molecule has 0 unspecified atom stereocenters. The maximum Gasteiger partial charge on any atom is 0.150 e. The van der Waals surface area contributed by atoms with Gasteiger partial charge in [0.1, 0.15) is 51.7 Å². The second kappa shape index (κ2) is 7.72. The van der Waals surface area contributed by atoms with Crippen molar-refractivity contribution in [2.45, 2.75) is 37.2 Å². The third-order valence-corrected chi connectivity index (χ3v) is 7.35. The van der Waals surface area contributed by atoms with E-state index in [2.05, 4.69) is 22.4 Å². The van der Waals surface area contributed by atoms with Gasteiger partial charge in [-0.3, -0.25) is 4.40 Å². The third-order valence-electron chi connectivity index (χ3n) is 7.35. The lowest BCUT2D eigenvalue weighted by molar-refractivity contribution is -0.00689. The Labute approximate surface area is 202 Å². The Morgan fingerprint density at radius 2 is 1.94 bits per heavy atom. The normalized spacial score (nSPS) is 22.5. The molecule has 0 spiro atoms. The van der Waals surface area contributed by atoms with Crippen molar-refractivity contribution in [1.82, 2.24) is 14.4 Å². The largest absolute Gasteiger partial charge is 0.495 e. The number of benzene rings is 2. The van der Waals surface area contributed by atoms with Gasteiger partial charge >= 0.3 is 0 Å². The summed E-state index contributed by atoms with van der Waals surface area (Å²) in [7, 11) is 1.53. The molecule has 176 valence electrons. The van der Waals surface area contributed by atoms with E-state index < -0.39 is 0 Å². The number of nitrogens with two attached hydrogens (primary N) is 1. The average molecular weight is 468 g/mol. The lowest BCUT2D eigenvalue weighted by Gasteiger charge is -2.43. The van der Waals surface area contributed by atoms with Crippen molar-refractivity contribution in [2.75, 3.05) is 19.5 Å². The summed E-state index contributed by atoms with van der Waals surface area (Å²) in [5.41, 5.74) is 9.08. The summed E-state index contributed by atoms with van der Waals surface area (Å²) in [4.78, 5) is 9.43. The molecule has 8 heteroatoms. The molecule has 2 aromatic carbocycles. The molecule has 2 aromatic heterocycles. The van der Waals surface area contributed by atoms with Crippen LogP contribution in [0.5, 0.6) is 17.2 Å². The van der Waals surface area contributed by atoms with E-state index >= 15 is 0 Å². The molecule has 1 saturated carbocycles. The summed E-state index contributed by atoms with van der Waals surface area (Å²) in [6.07, 6.45) is 6.61. The van der Waals surface area contributed by atoms with Crippen LogP contribution in [0.2, 0.25) is 0 Å². The topological polar surface area (TPSA) is 108 Å². The van der Waals surface area contributed by atoms with Gasteiger partial charge in [0.05, 0.1) is 24.7 Å². The Morgan fingerprint density at radius 1 is 1.17 bits per heavy atom. The van der Waals surface area contributed by atoms with Crippen LogP contribution in [0.3, 0.4) is 0 Å². The molecular weight excluding hydrogens is 442 g/mol. The second-order valence-corrected chi connectivity index (χ2v) is 9.35. The van der Waals surface area contributed by atoms with Crippen molar-refractivity contribution >= 4 is 11.3 Å². The highest BCUT2D eigenvalue weighted by atomic mass is 16.5. The molecule has 0 atom stereocenters. The molecule has 7 rings (SSSR count). The van der Waals surface area contributed by atoms with Gasteiger partial charge in [0, 0.05) is 18.0 Å². The van der Waals surface area contributed by atoms with Gasteiger partial charge in [-0.15, -0.1) is 0 Å². The van der Waals surface area contributed by atoms with Gasteiger partial charge in [0.15, 0.2) is 0 Å². The zero-order valence-electron chi connectivity index (χ0n) is 19.6. The minimum absolute atomic E-state index is 0.00798. The van der Waals surface area contributed by atoms with Gasteiger partial charge in [0.2, 0.25) is 0 Å². The number of rotatable bonds is 6. The van der Waals surface area contributed by atoms with Crippen molar-refractivity contribution in [2.24, 2.45) is 0 Å². The quantitative estimate of drug-likeness (QED) is 0.431. The molecule has 0 amide bonds. The molecule has 0 radical (unpaired) electrons. The first-order valence-electron chi connectivity index (χ1n) is 11.6. The van der Waals surface area contributed by atoms with Crippen LogP contribution in [0.4, 0.5) is 5.82 Å². The Morgan fingerprint density at radius 3 is 2.63 bits per heavy atom. The zero-order valence-corrected chi connectivity index (χ0v) is 19.6. The third kappa shape index (κ3) is 3.16. The van der Waals surface area contributed by atoms with Crippen molar-refractivity contribution in [3.63, 3.8) is 0 Å². The van der Waals surface area contributed by atoms with Crippen molar-refractivity contribution in [1.29, 1.82) is 5.26 Å². The van der Waals surface area contributed by atoms with E-state index in [0.717, 1.165) is 41.9 Å². The molecule has 2 aliphatic heterocycles. The molecule has 2 N–H and O–H groups in total. The molecule has 3 fully saturated rings. The zero-order chi connectivity index (χ0) is 24.2. The Balaban J connectivity index is 1.37. The van der Waals surface area contributed by atoms with Gasteiger partial charge in [-0.2, -0.15) is 5.26 Å². The molecule has 2 bridgehead atoms. The van der Waals surface area contributed by atoms with Gasteiger partial charge < -0.3 is 19.9 Å². The molecule has 4 heterocycles. The predicted molar refractivity (Wildman–Crippen MR) is 131 cm³/mol. The van der Waals surface area contributed by atoms with Crippen LogP contribution < -0.4 is 15.2 Å². The van der Waals surface area contributed by atoms with Crippen LogP contribution in [0, 0.1) is 11.3 Å². The smallest absolute Gasteiger partial charge is 0.150 e. The van der Waals surface area contributed by atoms with Gasteiger partial charge in [0.25, 0.3) is 0 Å².